The first-order valence-electron chi connectivity index (χ1n) is 14.7. The molecule has 3 atom stereocenters. The van der Waals surface area contributed by atoms with Gasteiger partial charge in [-0.2, -0.15) is 5.26 Å². The molecule has 2 aromatic heterocycles. The van der Waals surface area contributed by atoms with Gasteiger partial charge in [0.05, 0.1) is 46.0 Å². The summed E-state index contributed by atoms with van der Waals surface area (Å²) in [6.07, 6.45) is 10.2. The molecular formula is C33H34ClN5O3. The number of hydrogen-bond donors (Lipinski definition) is 0. The van der Waals surface area contributed by atoms with Crippen molar-refractivity contribution in [2.75, 3.05) is 19.7 Å². The molecule has 1 aliphatic carbocycles. The van der Waals surface area contributed by atoms with Gasteiger partial charge in [0.1, 0.15) is 11.5 Å². The number of halogens is 1. The topological polar surface area (TPSA) is 85.4 Å². The lowest BCUT2D eigenvalue weighted by Gasteiger charge is -2.35. The minimum atomic E-state index is -1.07. The third-order valence-electron chi connectivity index (χ3n) is 9.31. The van der Waals surface area contributed by atoms with Crippen LogP contribution in [0, 0.1) is 16.7 Å². The van der Waals surface area contributed by atoms with Gasteiger partial charge in [-0.3, -0.25) is 4.98 Å². The van der Waals surface area contributed by atoms with Crippen molar-refractivity contribution in [1.29, 1.82) is 5.26 Å². The Morgan fingerprint density at radius 3 is 2.71 bits per heavy atom. The number of rotatable bonds is 6. The molecule has 3 unspecified atom stereocenters. The van der Waals surface area contributed by atoms with Gasteiger partial charge in [-0.1, -0.05) is 24.3 Å². The van der Waals surface area contributed by atoms with Gasteiger partial charge in [0, 0.05) is 38.7 Å². The largest absolute Gasteiger partial charge is 0.444 e. The Labute approximate surface area is 250 Å². The number of piperidine rings is 1. The molecule has 1 spiro atoms. The number of allylic oxidation sites excluding steroid dienone is 2. The molecule has 8 nitrogen and oxygen atoms in total. The zero-order chi connectivity index (χ0) is 29.1. The van der Waals surface area contributed by atoms with E-state index in [0.29, 0.717) is 33.7 Å². The van der Waals surface area contributed by atoms with Crippen molar-refractivity contribution in [1.82, 2.24) is 19.4 Å². The number of benzene rings is 1. The van der Waals surface area contributed by atoms with Gasteiger partial charge in [-0.25, -0.2) is 4.98 Å². The van der Waals surface area contributed by atoms with Gasteiger partial charge in [0.2, 0.25) is 0 Å². The lowest BCUT2D eigenvalue weighted by atomic mass is 9.90. The average Bonchev–Trinajstić information content (AvgIpc) is 3.39. The van der Waals surface area contributed by atoms with Crippen LogP contribution in [0.4, 0.5) is 0 Å². The predicted octanol–water partition coefficient (Wildman–Crippen LogP) is 6.54. The molecule has 42 heavy (non-hydrogen) atoms. The standard InChI is InChI=1S/C33H34ClN5O3/c1-4-5-27(30-21(2)41-32(3,42-30)29-9-7-23(34)19-36-29)38-13-11-33(12-14-38)17-25(33)31-37-26-8-6-22(18-35)16-28(26)39(31)20-24-10-15-40-24/h4-9,16,19,24-25H,2,10-15,17,20H2,1,3H3/b5-4-,30-27-. The third kappa shape index (κ3) is 4.56. The van der Waals surface area contributed by atoms with Crippen molar-refractivity contribution in [3.05, 3.63) is 94.6 Å². The van der Waals surface area contributed by atoms with E-state index in [1.54, 1.807) is 12.3 Å². The number of nitrogens with zero attached hydrogens (tertiary/aromatic N) is 5. The zero-order valence-electron chi connectivity index (χ0n) is 24.0. The quantitative estimate of drug-likeness (QED) is 0.326. The normalized spacial score (nSPS) is 27.6. The van der Waals surface area contributed by atoms with Crippen LogP contribution >= 0.6 is 11.6 Å². The van der Waals surface area contributed by atoms with E-state index < -0.39 is 5.79 Å². The number of nitriles is 1. The van der Waals surface area contributed by atoms with Crippen LogP contribution < -0.4 is 0 Å². The molecule has 0 N–H and O–H groups in total. The predicted molar refractivity (Wildman–Crippen MR) is 159 cm³/mol. The number of likely N-dealkylation sites (tertiary alicyclic amines) is 1. The molecule has 3 saturated heterocycles. The Hall–Kier alpha value is -3.80. The highest BCUT2D eigenvalue weighted by Gasteiger charge is 2.58. The molecule has 216 valence electrons. The highest BCUT2D eigenvalue weighted by Crippen LogP contribution is 2.65. The van der Waals surface area contributed by atoms with E-state index in [9.17, 15) is 5.26 Å². The van der Waals surface area contributed by atoms with Crippen molar-refractivity contribution in [2.24, 2.45) is 5.41 Å². The molecule has 0 amide bonds. The van der Waals surface area contributed by atoms with Crippen LogP contribution in [0.1, 0.15) is 62.5 Å². The second kappa shape index (κ2) is 10.2. The summed E-state index contributed by atoms with van der Waals surface area (Å²) in [5.74, 6) is 1.61. The van der Waals surface area contributed by atoms with Crippen LogP contribution in [0.15, 0.2) is 72.5 Å². The maximum absolute atomic E-state index is 9.51. The van der Waals surface area contributed by atoms with Gasteiger partial charge in [0.25, 0.3) is 5.79 Å². The smallest absolute Gasteiger partial charge is 0.292 e. The van der Waals surface area contributed by atoms with E-state index in [1.807, 2.05) is 44.2 Å². The first kappa shape index (κ1) is 27.1. The monoisotopic (exact) mass is 583 g/mol. The second-order valence-electron chi connectivity index (χ2n) is 11.9. The number of pyridine rings is 1. The van der Waals surface area contributed by atoms with E-state index in [1.165, 1.54) is 0 Å². The summed E-state index contributed by atoms with van der Waals surface area (Å²) >= 11 is 6.06. The number of ether oxygens (including phenoxy) is 3. The van der Waals surface area contributed by atoms with E-state index >= 15 is 0 Å². The Morgan fingerprint density at radius 2 is 2.05 bits per heavy atom. The number of hydrogen-bond acceptors (Lipinski definition) is 7. The molecule has 0 radical (unpaired) electrons. The molecular weight excluding hydrogens is 550 g/mol. The lowest BCUT2D eigenvalue weighted by Crippen LogP contribution is -2.35. The highest BCUT2D eigenvalue weighted by molar-refractivity contribution is 6.30. The molecule has 9 heteroatoms. The number of aromatic nitrogens is 3. The van der Waals surface area contributed by atoms with Gasteiger partial charge in [-0.15, -0.1) is 0 Å². The molecule has 1 aromatic carbocycles. The van der Waals surface area contributed by atoms with Crippen LogP contribution in [0.2, 0.25) is 5.02 Å². The van der Waals surface area contributed by atoms with Crippen LogP contribution in [-0.2, 0) is 26.5 Å². The van der Waals surface area contributed by atoms with Crippen molar-refractivity contribution in [3.8, 4) is 6.07 Å². The lowest BCUT2D eigenvalue weighted by molar-refractivity contribution is -0.132. The summed E-state index contributed by atoms with van der Waals surface area (Å²) in [5, 5.41) is 10.1. The maximum Gasteiger partial charge on any atom is 0.292 e. The van der Waals surface area contributed by atoms with Crippen LogP contribution in [0.5, 0.6) is 0 Å². The fraction of sp³-hybridized carbons (Fsp3) is 0.424. The summed E-state index contributed by atoms with van der Waals surface area (Å²) in [6.45, 7) is 11.5. The molecule has 1 saturated carbocycles. The summed E-state index contributed by atoms with van der Waals surface area (Å²) in [4.78, 5) is 11.9. The first-order valence-corrected chi connectivity index (χ1v) is 15.0. The molecule has 3 aromatic rings. The molecule has 4 aliphatic rings. The van der Waals surface area contributed by atoms with Gasteiger partial charge < -0.3 is 23.7 Å². The third-order valence-corrected chi connectivity index (χ3v) is 9.53. The Morgan fingerprint density at radius 1 is 1.24 bits per heavy atom. The first-order chi connectivity index (χ1) is 20.3. The molecule has 7 rings (SSSR count). The fourth-order valence-corrected chi connectivity index (χ4v) is 6.85. The Balaban J connectivity index is 1.12. The molecule has 5 heterocycles. The summed E-state index contributed by atoms with van der Waals surface area (Å²) in [5.41, 5.74) is 4.50. The van der Waals surface area contributed by atoms with Gasteiger partial charge in [0.15, 0.2) is 11.5 Å². The zero-order valence-corrected chi connectivity index (χ0v) is 24.7. The van der Waals surface area contributed by atoms with Gasteiger partial charge in [-0.05, 0) is 74.4 Å². The van der Waals surface area contributed by atoms with Gasteiger partial charge >= 0.3 is 0 Å². The van der Waals surface area contributed by atoms with E-state index in [4.69, 9.17) is 30.8 Å². The summed E-state index contributed by atoms with van der Waals surface area (Å²) < 4.78 is 20.7. The number of fused-ring (bicyclic) bond motifs is 1. The minimum Gasteiger partial charge on any atom is -0.444 e. The maximum atomic E-state index is 9.51. The SMILES string of the molecule is C=C1OC(C)(c2ccc(Cl)cn2)O/C1=C(/C=C\C)N1CCC2(CC1)CC2c1nc2ccc(C#N)cc2n1CC1CCO1. The second-order valence-corrected chi connectivity index (χ2v) is 12.4. The van der Waals surface area contributed by atoms with E-state index in [0.717, 1.165) is 74.5 Å². The molecule has 0 bridgehead atoms. The van der Waals surface area contributed by atoms with Crippen molar-refractivity contribution >= 4 is 22.6 Å². The van der Waals surface area contributed by atoms with Crippen LogP contribution in [0.3, 0.4) is 0 Å². The van der Waals surface area contributed by atoms with E-state index in [2.05, 4.69) is 33.2 Å². The summed E-state index contributed by atoms with van der Waals surface area (Å²) in [6, 6.07) is 11.7. The highest BCUT2D eigenvalue weighted by atomic mass is 35.5. The molecule has 4 fully saturated rings. The van der Waals surface area contributed by atoms with Crippen molar-refractivity contribution < 1.29 is 14.2 Å². The van der Waals surface area contributed by atoms with Crippen LogP contribution in [-0.4, -0.2) is 45.2 Å². The summed E-state index contributed by atoms with van der Waals surface area (Å²) in [7, 11) is 0. The van der Waals surface area contributed by atoms with Crippen LogP contribution in [0.25, 0.3) is 11.0 Å². The van der Waals surface area contributed by atoms with Crippen molar-refractivity contribution in [2.45, 2.75) is 63.9 Å². The Bertz CT molecular complexity index is 1660. The van der Waals surface area contributed by atoms with E-state index in [-0.39, 0.29) is 11.5 Å². The average molecular weight is 584 g/mol. The minimum absolute atomic E-state index is 0.217. The Kier molecular flexibility index (Phi) is 6.56. The molecule has 3 aliphatic heterocycles. The van der Waals surface area contributed by atoms with Crippen molar-refractivity contribution in [3.63, 3.8) is 0 Å². The fourth-order valence-electron chi connectivity index (χ4n) is 6.74. The number of imidazole rings is 1.